The smallest absolute Gasteiger partial charge is 0.451 e. The van der Waals surface area contributed by atoms with Gasteiger partial charge in [-0.2, -0.15) is 0 Å². The molecule has 4 N–H and O–H groups in total. The molecule has 16 heavy (non-hydrogen) atoms. The van der Waals surface area contributed by atoms with Crippen molar-refractivity contribution in [1.82, 2.24) is 0 Å². The Morgan fingerprint density at radius 2 is 2.06 bits per heavy atom. The molecule has 0 radical (unpaired) electrons. The third-order valence-corrected chi connectivity index (χ3v) is 3.40. The minimum atomic E-state index is -1.31. The van der Waals surface area contributed by atoms with Crippen molar-refractivity contribution in [2.24, 2.45) is 5.41 Å². The number of aliphatic hydroxyl groups is 1. The lowest BCUT2D eigenvalue weighted by Gasteiger charge is -2.23. The fourth-order valence-electron chi connectivity index (χ4n) is 2.42. The molecule has 1 aliphatic carbocycles. The summed E-state index contributed by atoms with van der Waals surface area (Å²) in [5.74, 6) is -0.839. The summed E-state index contributed by atoms with van der Waals surface area (Å²) in [6, 6.07) is 0. The quantitative estimate of drug-likeness (QED) is 0.387. The van der Waals surface area contributed by atoms with Crippen LogP contribution in [0.15, 0.2) is 0 Å². The molecule has 0 amide bonds. The van der Waals surface area contributed by atoms with Crippen molar-refractivity contribution in [3.63, 3.8) is 0 Å². The Morgan fingerprint density at radius 3 is 2.50 bits per heavy atom. The molecule has 1 fully saturated rings. The van der Waals surface area contributed by atoms with Crippen molar-refractivity contribution < 1.29 is 25.1 Å². The lowest BCUT2D eigenvalue weighted by molar-refractivity contribution is -0.149. The topological polar surface area (TPSA) is 98.0 Å². The molecule has 1 rings (SSSR count). The van der Waals surface area contributed by atoms with Crippen LogP contribution in [0, 0.1) is 5.41 Å². The first kappa shape index (κ1) is 13.5. The largest absolute Gasteiger partial charge is 0.481 e. The predicted molar refractivity (Wildman–Crippen MR) is 58.8 cm³/mol. The van der Waals surface area contributed by atoms with E-state index >= 15 is 0 Å². The zero-order valence-electron chi connectivity index (χ0n) is 9.30. The summed E-state index contributed by atoms with van der Waals surface area (Å²) in [5, 5.41) is 35.9. The molecule has 1 aliphatic rings. The number of carboxylic acid groups (broad SMARTS) is 1. The summed E-state index contributed by atoms with van der Waals surface area (Å²) in [5.41, 5.74) is -0.792. The first-order valence-corrected chi connectivity index (χ1v) is 5.74. The van der Waals surface area contributed by atoms with Crippen molar-refractivity contribution in [1.29, 1.82) is 0 Å². The molecule has 2 atom stereocenters. The highest BCUT2D eigenvalue weighted by Crippen LogP contribution is 2.42. The second kappa shape index (κ2) is 5.66. The highest BCUT2D eigenvalue weighted by Gasteiger charge is 2.44. The van der Waals surface area contributed by atoms with Crippen LogP contribution in [0.5, 0.6) is 0 Å². The summed E-state index contributed by atoms with van der Waals surface area (Å²) in [4.78, 5) is 11.2. The Labute approximate surface area is 95.2 Å². The highest BCUT2D eigenvalue weighted by atomic mass is 16.4. The standard InChI is InChI=1S/C10H19BO5/c12-8-3-5-10(7-8,9(13)14)4-1-2-6-11(15)16/h8,12,15-16H,1-7H2,(H,13,14)/t8-,10+/m0/s1. The van der Waals surface area contributed by atoms with Gasteiger partial charge >= 0.3 is 13.1 Å². The monoisotopic (exact) mass is 230 g/mol. The van der Waals surface area contributed by atoms with Gasteiger partial charge in [0, 0.05) is 0 Å². The zero-order valence-corrected chi connectivity index (χ0v) is 9.30. The van der Waals surface area contributed by atoms with E-state index in [0.717, 1.165) is 0 Å². The Hall–Kier alpha value is -0.585. The van der Waals surface area contributed by atoms with Gasteiger partial charge in [-0.25, -0.2) is 0 Å². The molecule has 0 spiro atoms. The van der Waals surface area contributed by atoms with Crippen LogP contribution >= 0.6 is 0 Å². The van der Waals surface area contributed by atoms with Crippen molar-refractivity contribution in [2.45, 2.75) is 50.9 Å². The number of carbonyl (C=O) groups is 1. The van der Waals surface area contributed by atoms with Crippen LogP contribution in [-0.4, -0.2) is 39.5 Å². The molecule has 1 saturated carbocycles. The molecular formula is C10H19BO5. The summed E-state index contributed by atoms with van der Waals surface area (Å²) >= 11 is 0. The second-order valence-corrected chi connectivity index (χ2v) is 4.71. The summed E-state index contributed by atoms with van der Waals surface area (Å²) in [6.45, 7) is 0. The van der Waals surface area contributed by atoms with Gasteiger partial charge < -0.3 is 20.3 Å². The van der Waals surface area contributed by atoms with Crippen LogP contribution in [-0.2, 0) is 4.79 Å². The maximum atomic E-state index is 11.2. The minimum Gasteiger partial charge on any atom is -0.481 e. The van der Waals surface area contributed by atoms with E-state index < -0.39 is 24.6 Å². The molecule has 0 aromatic heterocycles. The summed E-state index contributed by atoms with van der Waals surface area (Å²) < 4.78 is 0. The van der Waals surface area contributed by atoms with E-state index in [4.69, 9.17) is 10.0 Å². The van der Waals surface area contributed by atoms with Gasteiger partial charge in [-0.3, -0.25) is 4.79 Å². The van der Waals surface area contributed by atoms with Crippen LogP contribution < -0.4 is 0 Å². The number of hydrogen-bond donors (Lipinski definition) is 4. The SMILES string of the molecule is O=C(O)[C@]1(CCCCB(O)O)CC[C@H](O)C1. The third kappa shape index (κ3) is 3.47. The molecule has 0 aliphatic heterocycles. The molecule has 0 bridgehead atoms. The van der Waals surface area contributed by atoms with Crippen molar-refractivity contribution in [3.05, 3.63) is 0 Å². The fourth-order valence-corrected chi connectivity index (χ4v) is 2.42. The second-order valence-electron chi connectivity index (χ2n) is 4.71. The maximum absolute atomic E-state index is 11.2. The van der Waals surface area contributed by atoms with E-state index in [1.807, 2.05) is 0 Å². The van der Waals surface area contributed by atoms with Crippen LogP contribution in [0.25, 0.3) is 0 Å². The molecule has 0 aromatic rings. The van der Waals surface area contributed by atoms with Gasteiger partial charge in [-0.15, -0.1) is 0 Å². The van der Waals surface area contributed by atoms with Gasteiger partial charge in [0.1, 0.15) is 0 Å². The molecule has 5 nitrogen and oxygen atoms in total. The molecule has 0 heterocycles. The summed E-state index contributed by atoms with van der Waals surface area (Å²) in [6.07, 6.45) is 2.92. The van der Waals surface area contributed by atoms with Crippen LogP contribution in [0.4, 0.5) is 0 Å². The number of unbranched alkanes of at least 4 members (excludes halogenated alkanes) is 1. The minimum absolute atomic E-state index is 0.276. The number of carboxylic acids is 1. The van der Waals surface area contributed by atoms with E-state index in [-0.39, 0.29) is 6.32 Å². The predicted octanol–water partition coefficient (Wildman–Crippen LogP) is 0.245. The van der Waals surface area contributed by atoms with Gasteiger partial charge in [0.2, 0.25) is 0 Å². The van der Waals surface area contributed by atoms with Gasteiger partial charge in [0.25, 0.3) is 0 Å². The van der Waals surface area contributed by atoms with E-state index in [0.29, 0.717) is 38.5 Å². The Morgan fingerprint density at radius 1 is 1.38 bits per heavy atom. The first-order valence-electron chi connectivity index (χ1n) is 5.74. The van der Waals surface area contributed by atoms with Gasteiger partial charge in [-0.05, 0) is 32.0 Å². The zero-order chi connectivity index (χ0) is 12.2. The molecule has 0 aromatic carbocycles. The summed E-state index contributed by atoms with van der Waals surface area (Å²) in [7, 11) is -1.31. The van der Waals surface area contributed by atoms with Crippen molar-refractivity contribution >= 4 is 13.1 Å². The lowest BCUT2D eigenvalue weighted by Crippen LogP contribution is -2.28. The Balaban J connectivity index is 2.38. The molecular weight excluding hydrogens is 211 g/mol. The lowest BCUT2D eigenvalue weighted by atomic mass is 9.78. The average molecular weight is 230 g/mol. The number of rotatable bonds is 6. The molecule has 6 heteroatoms. The first-order chi connectivity index (χ1) is 7.46. The van der Waals surface area contributed by atoms with Crippen molar-refractivity contribution in [2.75, 3.05) is 0 Å². The molecule has 0 unspecified atom stereocenters. The normalized spacial score (nSPS) is 29.3. The molecule has 0 saturated heterocycles. The highest BCUT2D eigenvalue weighted by molar-refractivity contribution is 6.40. The third-order valence-electron chi connectivity index (χ3n) is 3.40. The van der Waals surface area contributed by atoms with Gasteiger partial charge in [-0.1, -0.05) is 12.8 Å². The van der Waals surface area contributed by atoms with Gasteiger partial charge in [0.05, 0.1) is 11.5 Å². The van der Waals surface area contributed by atoms with E-state index in [2.05, 4.69) is 0 Å². The van der Waals surface area contributed by atoms with E-state index in [9.17, 15) is 15.0 Å². The van der Waals surface area contributed by atoms with Crippen LogP contribution in [0.3, 0.4) is 0 Å². The van der Waals surface area contributed by atoms with Crippen LogP contribution in [0.1, 0.15) is 38.5 Å². The Kier molecular flexibility index (Phi) is 4.77. The number of aliphatic hydroxyl groups excluding tert-OH is 1. The fraction of sp³-hybridized carbons (Fsp3) is 0.900. The van der Waals surface area contributed by atoms with Crippen molar-refractivity contribution in [3.8, 4) is 0 Å². The van der Waals surface area contributed by atoms with E-state index in [1.54, 1.807) is 0 Å². The van der Waals surface area contributed by atoms with Gasteiger partial charge in [0.15, 0.2) is 0 Å². The Bertz CT molecular complexity index is 245. The van der Waals surface area contributed by atoms with E-state index in [1.165, 1.54) is 0 Å². The van der Waals surface area contributed by atoms with Crippen LogP contribution in [0.2, 0.25) is 6.32 Å². The number of aliphatic carboxylic acids is 1. The number of hydrogen-bond acceptors (Lipinski definition) is 4. The average Bonchev–Trinajstić information content (AvgIpc) is 2.56. The molecule has 92 valence electrons. The maximum Gasteiger partial charge on any atom is 0.451 e.